The van der Waals surface area contributed by atoms with E-state index >= 15 is 0 Å². The Labute approximate surface area is 92.0 Å². The van der Waals surface area contributed by atoms with Crippen molar-refractivity contribution in [2.45, 2.75) is 45.1 Å². The molecule has 3 unspecified atom stereocenters. The van der Waals surface area contributed by atoms with E-state index in [2.05, 4.69) is 10.6 Å². The minimum Gasteiger partial charge on any atom is -0.355 e. The summed E-state index contributed by atoms with van der Waals surface area (Å²) in [6.07, 6.45) is 6.87. The van der Waals surface area contributed by atoms with Gasteiger partial charge < -0.3 is 10.6 Å². The van der Waals surface area contributed by atoms with Crippen LogP contribution in [0.25, 0.3) is 0 Å². The molecule has 86 valence electrons. The fourth-order valence-corrected chi connectivity index (χ4v) is 3.21. The molecule has 0 spiro atoms. The fourth-order valence-electron chi connectivity index (χ4n) is 3.21. The molecule has 0 aromatic rings. The maximum Gasteiger partial charge on any atom is 0.216 e. The molecule has 1 saturated heterocycles. The second-order valence-electron chi connectivity index (χ2n) is 4.99. The first-order valence-corrected chi connectivity index (χ1v) is 6.25. The van der Waals surface area contributed by atoms with Crippen molar-refractivity contribution in [2.24, 2.45) is 11.8 Å². The summed E-state index contributed by atoms with van der Waals surface area (Å²) >= 11 is 0. The summed E-state index contributed by atoms with van der Waals surface area (Å²) in [7, 11) is 0. The van der Waals surface area contributed by atoms with Gasteiger partial charge in [-0.2, -0.15) is 0 Å². The van der Waals surface area contributed by atoms with Crippen molar-refractivity contribution in [3.05, 3.63) is 0 Å². The van der Waals surface area contributed by atoms with Crippen LogP contribution in [0.3, 0.4) is 0 Å². The summed E-state index contributed by atoms with van der Waals surface area (Å²) in [5.74, 6) is 1.81. The molecule has 1 amide bonds. The molecule has 2 fully saturated rings. The third kappa shape index (κ3) is 2.71. The Morgan fingerprint density at radius 1 is 1.33 bits per heavy atom. The van der Waals surface area contributed by atoms with Crippen LogP contribution in [-0.2, 0) is 4.79 Å². The predicted octanol–water partition coefficient (Wildman–Crippen LogP) is 1.29. The summed E-state index contributed by atoms with van der Waals surface area (Å²) < 4.78 is 0. The molecule has 3 nitrogen and oxygen atoms in total. The predicted molar refractivity (Wildman–Crippen MR) is 60.5 cm³/mol. The Kier molecular flexibility index (Phi) is 3.62. The van der Waals surface area contributed by atoms with E-state index in [0.29, 0.717) is 6.04 Å². The van der Waals surface area contributed by atoms with Gasteiger partial charge in [-0.25, -0.2) is 0 Å². The van der Waals surface area contributed by atoms with Crippen LogP contribution in [0.4, 0.5) is 0 Å². The Bertz CT molecular complexity index is 228. The number of piperidine rings is 1. The summed E-state index contributed by atoms with van der Waals surface area (Å²) in [5, 5.41) is 6.51. The molecule has 1 aliphatic carbocycles. The van der Waals surface area contributed by atoms with Gasteiger partial charge in [0.2, 0.25) is 5.91 Å². The quantitative estimate of drug-likeness (QED) is 0.721. The lowest BCUT2D eigenvalue weighted by molar-refractivity contribution is -0.119. The van der Waals surface area contributed by atoms with Crippen molar-refractivity contribution in [2.75, 3.05) is 13.1 Å². The van der Waals surface area contributed by atoms with Gasteiger partial charge in [0.05, 0.1) is 0 Å². The van der Waals surface area contributed by atoms with Crippen LogP contribution in [0.2, 0.25) is 0 Å². The van der Waals surface area contributed by atoms with Gasteiger partial charge in [-0.1, -0.05) is 19.3 Å². The van der Waals surface area contributed by atoms with E-state index in [0.717, 1.165) is 24.9 Å². The number of nitrogens with one attached hydrogen (secondary N) is 2. The van der Waals surface area contributed by atoms with E-state index in [1.54, 1.807) is 6.92 Å². The van der Waals surface area contributed by atoms with Crippen LogP contribution in [0.15, 0.2) is 0 Å². The summed E-state index contributed by atoms with van der Waals surface area (Å²) in [5.41, 5.74) is 0. The Hall–Kier alpha value is -0.570. The second kappa shape index (κ2) is 4.97. The first-order valence-electron chi connectivity index (χ1n) is 6.25. The topological polar surface area (TPSA) is 41.1 Å². The molecule has 3 heteroatoms. The monoisotopic (exact) mass is 210 g/mol. The molecule has 2 aliphatic rings. The Morgan fingerprint density at radius 3 is 2.93 bits per heavy atom. The highest BCUT2D eigenvalue weighted by Gasteiger charge is 2.34. The first-order chi connectivity index (χ1) is 7.27. The van der Waals surface area contributed by atoms with Crippen LogP contribution in [0, 0.1) is 11.8 Å². The average Bonchev–Trinajstić information content (AvgIpc) is 2.26. The number of carbonyl (C=O) groups excluding carboxylic acids is 1. The first kappa shape index (κ1) is 10.9. The smallest absolute Gasteiger partial charge is 0.216 e. The van der Waals surface area contributed by atoms with Crippen LogP contribution >= 0.6 is 0 Å². The van der Waals surface area contributed by atoms with Gasteiger partial charge in [-0.3, -0.25) is 4.79 Å². The highest BCUT2D eigenvalue weighted by atomic mass is 16.1. The molecule has 1 saturated carbocycles. The number of fused-ring (bicyclic) bond motifs is 1. The van der Waals surface area contributed by atoms with E-state index in [1.165, 1.54) is 32.1 Å². The molecule has 15 heavy (non-hydrogen) atoms. The SMILES string of the molecule is CC(=O)NCC1NCCC2CCCCC21. The highest BCUT2D eigenvalue weighted by Crippen LogP contribution is 2.36. The van der Waals surface area contributed by atoms with Crippen molar-refractivity contribution >= 4 is 5.91 Å². The molecule has 0 radical (unpaired) electrons. The average molecular weight is 210 g/mol. The molecule has 3 atom stereocenters. The van der Waals surface area contributed by atoms with E-state index in [1.807, 2.05) is 0 Å². The number of rotatable bonds is 2. The number of hydrogen-bond donors (Lipinski definition) is 2. The van der Waals surface area contributed by atoms with Gasteiger partial charge in [0.25, 0.3) is 0 Å². The van der Waals surface area contributed by atoms with Gasteiger partial charge in [-0.05, 0) is 31.2 Å². The lowest BCUT2D eigenvalue weighted by Gasteiger charge is -2.42. The maximum atomic E-state index is 10.9. The third-order valence-corrected chi connectivity index (χ3v) is 3.98. The standard InChI is InChI=1S/C12H22N2O/c1-9(15)14-8-12-11-5-3-2-4-10(11)6-7-13-12/h10-13H,2-8H2,1H3,(H,14,15). The largest absolute Gasteiger partial charge is 0.355 e. The third-order valence-electron chi connectivity index (χ3n) is 3.98. The van der Waals surface area contributed by atoms with Crippen LogP contribution < -0.4 is 10.6 Å². The van der Waals surface area contributed by atoms with E-state index < -0.39 is 0 Å². The van der Waals surface area contributed by atoms with Gasteiger partial charge in [0, 0.05) is 19.5 Å². The number of carbonyl (C=O) groups is 1. The lowest BCUT2D eigenvalue weighted by atomic mass is 9.71. The maximum absolute atomic E-state index is 10.9. The Balaban J connectivity index is 1.88. The van der Waals surface area contributed by atoms with Gasteiger partial charge in [-0.15, -0.1) is 0 Å². The number of hydrogen-bond acceptors (Lipinski definition) is 2. The zero-order valence-corrected chi connectivity index (χ0v) is 9.59. The molecule has 0 aromatic heterocycles. The minimum absolute atomic E-state index is 0.0923. The molecule has 0 aromatic carbocycles. The number of amides is 1. The van der Waals surface area contributed by atoms with Gasteiger partial charge in [0.15, 0.2) is 0 Å². The molecule has 2 N–H and O–H groups in total. The van der Waals surface area contributed by atoms with Crippen molar-refractivity contribution < 1.29 is 4.79 Å². The second-order valence-corrected chi connectivity index (χ2v) is 4.99. The molecular formula is C12H22N2O. The van der Waals surface area contributed by atoms with Crippen molar-refractivity contribution in [1.29, 1.82) is 0 Å². The van der Waals surface area contributed by atoms with Gasteiger partial charge >= 0.3 is 0 Å². The molecule has 1 heterocycles. The van der Waals surface area contributed by atoms with Crippen molar-refractivity contribution in [1.82, 2.24) is 10.6 Å². The summed E-state index contributed by atoms with van der Waals surface area (Å²) in [6, 6.07) is 0.521. The van der Waals surface area contributed by atoms with Crippen LogP contribution in [0.5, 0.6) is 0 Å². The highest BCUT2D eigenvalue weighted by molar-refractivity contribution is 5.72. The molecule has 2 rings (SSSR count). The minimum atomic E-state index is 0.0923. The Morgan fingerprint density at radius 2 is 2.13 bits per heavy atom. The van der Waals surface area contributed by atoms with Crippen LogP contribution in [0.1, 0.15) is 39.0 Å². The van der Waals surface area contributed by atoms with E-state index in [9.17, 15) is 4.79 Å². The zero-order chi connectivity index (χ0) is 10.7. The van der Waals surface area contributed by atoms with Crippen LogP contribution in [-0.4, -0.2) is 25.0 Å². The normalized spacial score (nSPS) is 35.7. The lowest BCUT2D eigenvalue weighted by Crippen LogP contribution is -2.52. The van der Waals surface area contributed by atoms with Gasteiger partial charge in [0.1, 0.15) is 0 Å². The van der Waals surface area contributed by atoms with Crippen molar-refractivity contribution in [3.8, 4) is 0 Å². The molecule has 1 aliphatic heterocycles. The molecule has 0 bridgehead atoms. The summed E-state index contributed by atoms with van der Waals surface area (Å²) in [6.45, 7) is 3.54. The van der Waals surface area contributed by atoms with Crippen molar-refractivity contribution in [3.63, 3.8) is 0 Å². The summed E-state index contributed by atoms with van der Waals surface area (Å²) in [4.78, 5) is 10.9. The van der Waals surface area contributed by atoms with E-state index in [-0.39, 0.29) is 5.91 Å². The zero-order valence-electron chi connectivity index (χ0n) is 9.59. The van der Waals surface area contributed by atoms with E-state index in [4.69, 9.17) is 0 Å². The molecular weight excluding hydrogens is 188 g/mol. The fraction of sp³-hybridized carbons (Fsp3) is 0.917.